The van der Waals surface area contributed by atoms with Crippen LogP contribution in [0, 0.1) is 17.8 Å². The Hall–Kier alpha value is -2.46. The molecule has 0 fully saturated rings. The highest BCUT2D eigenvalue weighted by atomic mass is 35.5. The summed E-state index contributed by atoms with van der Waals surface area (Å²) in [6.45, 7) is 3.89. The van der Waals surface area contributed by atoms with E-state index in [1.807, 2.05) is 44.2 Å². The lowest BCUT2D eigenvalue weighted by Crippen LogP contribution is -2.17. The molecular weight excluding hydrogens is 472 g/mol. The van der Waals surface area contributed by atoms with Crippen LogP contribution < -0.4 is 10.9 Å². The largest absolute Gasteiger partial charge is 0.325 e. The SMILES string of the molecule is Cc1cccc(C)c1NC(=O)CSc1nc2c(sc(=S)n2-c2ccc(Cl)cc2)c(=O)[nH]1. The van der Waals surface area contributed by atoms with Crippen LogP contribution in [0.15, 0.2) is 52.4 Å². The zero-order valence-electron chi connectivity index (χ0n) is 16.6. The van der Waals surface area contributed by atoms with E-state index in [4.69, 9.17) is 23.8 Å². The van der Waals surface area contributed by atoms with Gasteiger partial charge in [-0.15, -0.1) is 0 Å². The van der Waals surface area contributed by atoms with Crippen LogP contribution in [-0.2, 0) is 4.79 Å². The van der Waals surface area contributed by atoms with Crippen molar-refractivity contribution >= 4 is 68.9 Å². The van der Waals surface area contributed by atoms with E-state index in [1.54, 1.807) is 16.7 Å². The number of nitrogens with zero attached hydrogens (tertiary/aromatic N) is 2. The van der Waals surface area contributed by atoms with Crippen molar-refractivity contribution < 1.29 is 4.79 Å². The maximum Gasteiger partial charge on any atom is 0.271 e. The van der Waals surface area contributed by atoms with Crippen LogP contribution in [0.25, 0.3) is 16.0 Å². The van der Waals surface area contributed by atoms with Gasteiger partial charge >= 0.3 is 0 Å². The highest BCUT2D eigenvalue weighted by molar-refractivity contribution is 7.99. The van der Waals surface area contributed by atoms with Crippen molar-refractivity contribution in [3.63, 3.8) is 0 Å². The number of thioether (sulfide) groups is 1. The summed E-state index contributed by atoms with van der Waals surface area (Å²) in [4.78, 5) is 32.4. The normalized spacial score (nSPS) is 11.1. The summed E-state index contributed by atoms with van der Waals surface area (Å²) in [5, 5.41) is 3.89. The average molecular weight is 489 g/mol. The van der Waals surface area contributed by atoms with Crippen LogP contribution >= 0.6 is 46.9 Å². The van der Waals surface area contributed by atoms with E-state index in [9.17, 15) is 9.59 Å². The quantitative estimate of drug-likeness (QED) is 0.220. The van der Waals surface area contributed by atoms with Crippen LogP contribution in [0.5, 0.6) is 0 Å². The fraction of sp³-hybridized carbons (Fsp3) is 0.143. The molecule has 2 aromatic heterocycles. The molecule has 0 aliphatic carbocycles. The van der Waals surface area contributed by atoms with Gasteiger partial charge in [0.25, 0.3) is 5.56 Å². The average Bonchev–Trinajstić information content (AvgIpc) is 3.06. The number of aryl methyl sites for hydroxylation is 2. The molecule has 0 radical (unpaired) electrons. The third kappa shape index (κ3) is 4.59. The number of nitrogens with one attached hydrogen (secondary N) is 2. The zero-order valence-corrected chi connectivity index (χ0v) is 19.8. The lowest BCUT2D eigenvalue weighted by molar-refractivity contribution is -0.113. The minimum absolute atomic E-state index is 0.105. The van der Waals surface area contributed by atoms with Gasteiger partial charge in [0.2, 0.25) is 5.91 Å². The molecule has 0 saturated carbocycles. The first-order chi connectivity index (χ1) is 14.8. The molecule has 0 aliphatic heterocycles. The fourth-order valence-electron chi connectivity index (χ4n) is 3.10. The number of rotatable bonds is 5. The molecular formula is C21H17ClN4O2S3. The van der Waals surface area contributed by atoms with Gasteiger partial charge in [-0.05, 0) is 61.5 Å². The fourth-order valence-corrected chi connectivity index (χ4v) is 5.15. The number of hydrogen-bond donors (Lipinski definition) is 2. The van der Waals surface area contributed by atoms with Crippen molar-refractivity contribution in [2.45, 2.75) is 19.0 Å². The third-order valence-electron chi connectivity index (χ3n) is 4.59. The first kappa shape index (κ1) is 21.8. The standard InChI is InChI=1S/C21H17ClN4O2S3/c1-11-4-3-5-12(2)16(11)23-15(27)10-30-20-24-18-17(19(28)25-20)31-21(29)26(18)14-8-6-13(22)7-9-14/h3-9H,10H2,1-2H3,(H,23,27)(H,24,25,28). The Balaban J connectivity index is 1.61. The summed E-state index contributed by atoms with van der Waals surface area (Å²) in [6.07, 6.45) is 0. The second kappa shape index (κ2) is 8.96. The zero-order chi connectivity index (χ0) is 22.1. The number of aromatic amines is 1. The maximum absolute atomic E-state index is 12.6. The number of amides is 1. The van der Waals surface area contributed by atoms with Crippen LogP contribution in [0.3, 0.4) is 0 Å². The van der Waals surface area contributed by atoms with E-state index in [0.29, 0.717) is 24.5 Å². The van der Waals surface area contributed by atoms with Gasteiger partial charge in [-0.25, -0.2) is 4.98 Å². The first-order valence-corrected chi connectivity index (χ1v) is 11.8. The Morgan fingerprint density at radius 2 is 1.90 bits per heavy atom. The summed E-state index contributed by atoms with van der Waals surface area (Å²) in [7, 11) is 0. The Morgan fingerprint density at radius 3 is 2.58 bits per heavy atom. The number of benzene rings is 2. The molecule has 0 aliphatic rings. The Labute approximate surface area is 196 Å². The molecule has 0 bridgehead atoms. The number of H-pyrrole nitrogens is 1. The van der Waals surface area contributed by atoms with Gasteiger partial charge in [-0.1, -0.05) is 52.9 Å². The van der Waals surface area contributed by atoms with Gasteiger partial charge < -0.3 is 10.3 Å². The highest BCUT2D eigenvalue weighted by Crippen LogP contribution is 2.26. The number of thiazole rings is 1. The monoisotopic (exact) mass is 488 g/mol. The lowest BCUT2D eigenvalue weighted by Gasteiger charge is -2.11. The summed E-state index contributed by atoms with van der Waals surface area (Å²) >= 11 is 13.8. The highest BCUT2D eigenvalue weighted by Gasteiger charge is 2.15. The smallest absolute Gasteiger partial charge is 0.271 e. The van der Waals surface area contributed by atoms with Crippen LogP contribution in [0.1, 0.15) is 11.1 Å². The van der Waals surface area contributed by atoms with E-state index < -0.39 is 0 Å². The Bertz CT molecular complexity index is 1390. The summed E-state index contributed by atoms with van der Waals surface area (Å²) in [5.41, 5.74) is 3.73. The molecule has 4 rings (SSSR count). The molecule has 2 heterocycles. The van der Waals surface area contributed by atoms with Gasteiger partial charge in [0.1, 0.15) is 4.70 Å². The molecule has 4 aromatic rings. The second-order valence-electron chi connectivity index (χ2n) is 6.81. The minimum Gasteiger partial charge on any atom is -0.325 e. The van der Waals surface area contributed by atoms with Crippen LogP contribution in [-0.4, -0.2) is 26.2 Å². The minimum atomic E-state index is -0.286. The van der Waals surface area contributed by atoms with E-state index in [1.165, 1.54) is 11.3 Å². The molecule has 2 N–H and O–H groups in total. The number of carbonyl (C=O) groups is 1. The molecule has 31 heavy (non-hydrogen) atoms. The molecule has 2 aromatic carbocycles. The summed E-state index contributed by atoms with van der Waals surface area (Å²) in [6, 6.07) is 13.0. The van der Waals surface area contributed by atoms with Crippen molar-refractivity contribution in [3.05, 3.63) is 72.9 Å². The number of halogens is 1. The number of hydrogen-bond acceptors (Lipinski definition) is 6. The molecule has 0 saturated heterocycles. The van der Waals surface area contributed by atoms with Crippen molar-refractivity contribution in [1.82, 2.24) is 14.5 Å². The van der Waals surface area contributed by atoms with Crippen molar-refractivity contribution in [3.8, 4) is 5.69 Å². The molecule has 158 valence electrons. The molecule has 6 nitrogen and oxygen atoms in total. The van der Waals surface area contributed by atoms with E-state index >= 15 is 0 Å². The number of fused-ring (bicyclic) bond motifs is 1. The Morgan fingerprint density at radius 1 is 1.23 bits per heavy atom. The van der Waals surface area contributed by atoms with Crippen LogP contribution in [0.4, 0.5) is 5.69 Å². The van der Waals surface area contributed by atoms with Gasteiger partial charge in [0.05, 0.1) is 5.75 Å². The Kier molecular flexibility index (Phi) is 6.29. The van der Waals surface area contributed by atoms with E-state index in [-0.39, 0.29) is 17.2 Å². The maximum atomic E-state index is 12.6. The van der Waals surface area contributed by atoms with Gasteiger partial charge in [-0.3, -0.25) is 14.2 Å². The van der Waals surface area contributed by atoms with Crippen molar-refractivity contribution in [2.75, 3.05) is 11.1 Å². The number of aromatic nitrogens is 3. The van der Waals surface area contributed by atoms with E-state index in [0.717, 1.165) is 34.3 Å². The molecule has 1 amide bonds. The predicted molar refractivity (Wildman–Crippen MR) is 131 cm³/mol. The van der Waals surface area contributed by atoms with Gasteiger partial charge in [0.15, 0.2) is 14.8 Å². The number of carbonyl (C=O) groups excluding carboxylic acids is 1. The molecule has 0 atom stereocenters. The number of anilines is 1. The molecule has 10 heteroatoms. The van der Waals surface area contributed by atoms with Gasteiger partial charge in [-0.2, -0.15) is 0 Å². The van der Waals surface area contributed by atoms with E-state index in [2.05, 4.69) is 15.3 Å². The summed E-state index contributed by atoms with van der Waals surface area (Å²) in [5.74, 6) is -0.0707. The second-order valence-corrected chi connectivity index (χ2v) is 9.85. The molecule has 0 unspecified atom stereocenters. The van der Waals surface area contributed by atoms with Crippen molar-refractivity contribution in [1.29, 1.82) is 0 Å². The lowest BCUT2D eigenvalue weighted by atomic mass is 10.1. The first-order valence-electron chi connectivity index (χ1n) is 9.24. The number of para-hydroxylation sites is 1. The third-order valence-corrected chi connectivity index (χ3v) is 7.08. The summed E-state index contributed by atoms with van der Waals surface area (Å²) < 4.78 is 2.68. The van der Waals surface area contributed by atoms with Gasteiger partial charge in [0, 0.05) is 16.4 Å². The molecule has 0 spiro atoms. The topological polar surface area (TPSA) is 79.8 Å². The predicted octanol–water partition coefficient (Wildman–Crippen LogP) is 5.51. The van der Waals surface area contributed by atoms with Crippen LogP contribution in [0.2, 0.25) is 5.02 Å². The van der Waals surface area contributed by atoms with Crippen molar-refractivity contribution in [2.24, 2.45) is 0 Å².